The van der Waals surface area contributed by atoms with Crippen LogP contribution < -0.4 is 4.90 Å². The Morgan fingerprint density at radius 3 is 2.53 bits per heavy atom. The van der Waals surface area contributed by atoms with E-state index in [0.29, 0.717) is 17.5 Å². The Labute approximate surface area is 107 Å². The van der Waals surface area contributed by atoms with Crippen LogP contribution in [0.3, 0.4) is 0 Å². The molecule has 2 aliphatic heterocycles. The van der Waals surface area contributed by atoms with Gasteiger partial charge in [0.2, 0.25) is 0 Å². The van der Waals surface area contributed by atoms with E-state index in [1.54, 1.807) is 0 Å². The summed E-state index contributed by atoms with van der Waals surface area (Å²) < 4.78 is 0. The van der Waals surface area contributed by atoms with Crippen LogP contribution in [0.2, 0.25) is 0 Å². The van der Waals surface area contributed by atoms with E-state index < -0.39 is 0 Å². The first-order chi connectivity index (χ1) is 8.15. The summed E-state index contributed by atoms with van der Waals surface area (Å²) in [5.74, 6) is 1.08. The van der Waals surface area contributed by atoms with Crippen LogP contribution in [0.4, 0.5) is 5.82 Å². The Bertz CT molecular complexity index is 421. The highest BCUT2D eigenvalue weighted by Crippen LogP contribution is 2.40. The Kier molecular flexibility index (Phi) is 2.74. The lowest BCUT2D eigenvalue weighted by Gasteiger charge is -2.38. The van der Waals surface area contributed by atoms with Gasteiger partial charge in [-0.2, -0.15) is 0 Å². The van der Waals surface area contributed by atoms with Gasteiger partial charge < -0.3 is 4.90 Å². The standard InChI is InChI=1S/C13H18ClN3/c1-8-7-15-9(2)13(16-8)17-11-3-4-12(17)6-10(14)5-11/h7,10-12H,3-6H2,1-2H3. The van der Waals surface area contributed by atoms with Gasteiger partial charge in [0.1, 0.15) is 0 Å². The number of nitrogens with zero attached hydrogens (tertiary/aromatic N) is 3. The lowest BCUT2D eigenvalue weighted by atomic mass is 10.0. The number of fused-ring (bicyclic) bond motifs is 2. The predicted octanol–water partition coefficient (Wildman–Crippen LogP) is 2.83. The quantitative estimate of drug-likeness (QED) is 0.719. The molecule has 1 aromatic rings. The largest absolute Gasteiger partial charge is 0.349 e. The van der Waals surface area contributed by atoms with Crippen molar-refractivity contribution in [2.45, 2.75) is 57.0 Å². The number of alkyl halides is 1. The van der Waals surface area contributed by atoms with Crippen molar-refractivity contribution in [3.8, 4) is 0 Å². The molecule has 0 spiro atoms. The topological polar surface area (TPSA) is 29.0 Å². The van der Waals surface area contributed by atoms with Crippen molar-refractivity contribution in [3.63, 3.8) is 0 Å². The normalized spacial score (nSPS) is 31.9. The van der Waals surface area contributed by atoms with Crippen LogP contribution in [0, 0.1) is 13.8 Å². The summed E-state index contributed by atoms with van der Waals surface area (Å²) in [5, 5.41) is 0.349. The van der Waals surface area contributed by atoms with Gasteiger partial charge in [0.15, 0.2) is 5.82 Å². The molecule has 0 amide bonds. The van der Waals surface area contributed by atoms with Crippen molar-refractivity contribution in [1.29, 1.82) is 0 Å². The summed E-state index contributed by atoms with van der Waals surface area (Å²) in [6.45, 7) is 4.06. The number of piperidine rings is 1. The van der Waals surface area contributed by atoms with E-state index in [4.69, 9.17) is 11.6 Å². The molecule has 2 bridgehead atoms. The molecule has 3 rings (SSSR count). The summed E-state index contributed by atoms with van der Waals surface area (Å²) in [5.41, 5.74) is 2.04. The lowest BCUT2D eigenvalue weighted by Crippen LogP contribution is -2.44. The second-order valence-corrected chi connectivity index (χ2v) is 5.90. The van der Waals surface area contributed by atoms with Crippen molar-refractivity contribution in [3.05, 3.63) is 17.6 Å². The second-order valence-electron chi connectivity index (χ2n) is 5.28. The molecule has 0 aromatic carbocycles. The van der Waals surface area contributed by atoms with Crippen LogP contribution in [0.5, 0.6) is 0 Å². The molecule has 3 heterocycles. The fraction of sp³-hybridized carbons (Fsp3) is 0.692. The fourth-order valence-electron chi connectivity index (χ4n) is 3.23. The number of aryl methyl sites for hydroxylation is 2. The summed E-state index contributed by atoms with van der Waals surface area (Å²) in [6, 6.07) is 1.15. The molecule has 4 heteroatoms. The summed E-state index contributed by atoms with van der Waals surface area (Å²) in [7, 11) is 0. The molecule has 0 aliphatic carbocycles. The van der Waals surface area contributed by atoms with Crippen LogP contribution in [-0.2, 0) is 0 Å². The van der Waals surface area contributed by atoms with Gasteiger partial charge in [-0.1, -0.05) is 0 Å². The molecule has 2 fully saturated rings. The Morgan fingerprint density at radius 1 is 1.24 bits per heavy atom. The minimum Gasteiger partial charge on any atom is -0.349 e. The van der Waals surface area contributed by atoms with Crippen molar-refractivity contribution in [2.24, 2.45) is 0 Å². The van der Waals surface area contributed by atoms with E-state index >= 15 is 0 Å². The van der Waals surface area contributed by atoms with Crippen molar-refractivity contribution >= 4 is 17.4 Å². The first-order valence-electron chi connectivity index (χ1n) is 6.38. The fourth-order valence-corrected chi connectivity index (χ4v) is 3.64. The third-order valence-electron chi connectivity index (χ3n) is 3.97. The summed E-state index contributed by atoms with van der Waals surface area (Å²) in [6.07, 6.45) is 6.53. The Hall–Kier alpha value is -0.830. The molecule has 2 saturated heterocycles. The van der Waals surface area contributed by atoms with Gasteiger partial charge >= 0.3 is 0 Å². The third-order valence-corrected chi connectivity index (χ3v) is 4.33. The smallest absolute Gasteiger partial charge is 0.150 e. The van der Waals surface area contributed by atoms with Crippen LogP contribution >= 0.6 is 11.6 Å². The average Bonchev–Trinajstić information content (AvgIpc) is 2.54. The zero-order chi connectivity index (χ0) is 12.0. The Morgan fingerprint density at radius 2 is 1.88 bits per heavy atom. The van der Waals surface area contributed by atoms with Crippen LogP contribution in [0.25, 0.3) is 0 Å². The minimum absolute atomic E-state index is 0.349. The maximum atomic E-state index is 6.31. The van der Waals surface area contributed by atoms with Gasteiger partial charge in [-0.3, -0.25) is 4.98 Å². The van der Waals surface area contributed by atoms with E-state index in [9.17, 15) is 0 Å². The molecule has 17 heavy (non-hydrogen) atoms. The minimum atomic E-state index is 0.349. The highest BCUT2D eigenvalue weighted by molar-refractivity contribution is 6.20. The lowest BCUT2D eigenvalue weighted by molar-refractivity contribution is 0.469. The van der Waals surface area contributed by atoms with E-state index in [2.05, 4.69) is 14.9 Å². The number of hydrogen-bond acceptors (Lipinski definition) is 3. The number of halogens is 1. The monoisotopic (exact) mass is 251 g/mol. The average molecular weight is 252 g/mol. The van der Waals surface area contributed by atoms with E-state index in [-0.39, 0.29) is 0 Å². The van der Waals surface area contributed by atoms with Gasteiger partial charge in [-0.05, 0) is 39.5 Å². The molecule has 1 aromatic heterocycles. The van der Waals surface area contributed by atoms with Crippen molar-refractivity contribution < 1.29 is 0 Å². The zero-order valence-electron chi connectivity index (χ0n) is 10.4. The SMILES string of the molecule is Cc1cnc(C)c(N2C3CCC2CC(Cl)C3)n1. The molecule has 0 N–H and O–H groups in total. The van der Waals surface area contributed by atoms with Gasteiger partial charge in [0.05, 0.1) is 11.4 Å². The van der Waals surface area contributed by atoms with E-state index in [1.807, 2.05) is 20.0 Å². The predicted molar refractivity (Wildman–Crippen MR) is 69.7 cm³/mol. The Balaban J connectivity index is 1.97. The first-order valence-corrected chi connectivity index (χ1v) is 6.81. The maximum Gasteiger partial charge on any atom is 0.150 e. The molecule has 92 valence electrons. The molecule has 2 unspecified atom stereocenters. The molecule has 3 nitrogen and oxygen atoms in total. The number of aromatic nitrogens is 2. The maximum absolute atomic E-state index is 6.31. The summed E-state index contributed by atoms with van der Waals surface area (Å²) in [4.78, 5) is 11.6. The molecule has 2 aliphatic rings. The highest BCUT2D eigenvalue weighted by Gasteiger charge is 2.41. The van der Waals surface area contributed by atoms with Gasteiger partial charge in [0.25, 0.3) is 0 Å². The number of hydrogen-bond donors (Lipinski definition) is 0. The summed E-state index contributed by atoms with van der Waals surface area (Å²) >= 11 is 6.31. The van der Waals surface area contributed by atoms with Crippen molar-refractivity contribution in [1.82, 2.24) is 9.97 Å². The molecule has 2 atom stereocenters. The van der Waals surface area contributed by atoms with Gasteiger partial charge in [0, 0.05) is 23.7 Å². The van der Waals surface area contributed by atoms with E-state index in [1.165, 1.54) is 12.8 Å². The first kappa shape index (κ1) is 11.3. The van der Waals surface area contributed by atoms with Crippen LogP contribution in [-0.4, -0.2) is 27.4 Å². The van der Waals surface area contributed by atoms with Gasteiger partial charge in [-0.15, -0.1) is 11.6 Å². The number of rotatable bonds is 1. The van der Waals surface area contributed by atoms with E-state index in [0.717, 1.165) is 30.0 Å². The van der Waals surface area contributed by atoms with Crippen molar-refractivity contribution in [2.75, 3.05) is 4.90 Å². The second kappa shape index (κ2) is 4.13. The molecule has 0 saturated carbocycles. The van der Waals surface area contributed by atoms with Crippen LogP contribution in [0.15, 0.2) is 6.20 Å². The van der Waals surface area contributed by atoms with Crippen LogP contribution in [0.1, 0.15) is 37.1 Å². The molecular weight excluding hydrogens is 234 g/mol. The zero-order valence-corrected chi connectivity index (χ0v) is 11.1. The highest BCUT2D eigenvalue weighted by atomic mass is 35.5. The molecular formula is C13H18ClN3. The molecule has 0 radical (unpaired) electrons. The number of anilines is 1. The third kappa shape index (κ3) is 1.90. The van der Waals surface area contributed by atoms with Gasteiger partial charge in [-0.25, -0.2) is 4.98 Å².